The molecular formula is C13H15NO2. The molecule has 0 aliphatic carbocycles. The maximum Gasteiger partial charge on any atom is 0.434 e. The van der Waals surface area contributed by atoms with Gasteiger partial charge in [-0.3, -0.25) is 0 Å². The zero-order valence-corrected chi connectivity index (χ0v) is 10.00. The first-order chi connectivity index (χ1) is 7.40. The molecule has 16 heavy (non-hydrogen) atoms. The lowest BCUT2D eigenvalue weighted by Gasteiger charge is -2.20. The summed E-state index contributed by atoms with van der Waals surface area (Å²) in [5, 5.41) is 0. The molecule has 2 rings (SSSR count). The van der Waals surface area contributed by atoms with Gasteiger partial charge >= 0.3 is 6.09 Å². The highest BCUT2D eigenvalue weighted by atomic mass is 16.6. The van der Waals surface area contributed by atoms with Crippen molar-refractivity contribution < 1.29 is 9.53 Å². The molecule has 3 nitrogen and oxygen atoms in total. The van der Waals surface area contributed by atoms with Crippen LogP contribution in [-0.2, 0) is 4.74 Å². The Morgan fingerprint density at radius 1 is 1.25 bits per heavy atom. The fourth-order valence-electron chi connectivity index (χ4n) is 1.98. The first kappa shape index (κ1) is 10.9. The minimum Gasteiger partial charge on any atom is -0.435 e. The Hall–Kier alpha value is -1.64. The van der Waals surface area contributed by atoms with E-state index in [1.807, 2.05) is 39.8 Å². The van der Waals surface area contributed by atoms with Crippen LogP contribution in [-0.4, -0.2) is 17.4 Å². The van der Waals surface area contributed by atoms with E-state index in [1.165, 1.54) is 5.56 Å². The summed E-state index contributed by atoms with van der Waals surface area (Å²) in [7, 11) is 0. The zero-order chi connectivity index (χ0) is 11.9. The normalized spacial score (nSPS) is 18.2. The molecule has 0 aromatic heterocycles. The van der Waals surface area contributed by atoms with Gasteiger partial charge in [-0.25, -0.2) is 4.79 Å². The molecule has 0 unspecified atom stereocenters. The van der Waals surface area contributed by atoms with Gasteiger partial charge in [0.2, 0.25) is 0 Å². The smallest absolute Gasteiger partial charge is 0.434 e. The van der Waals surface area contributed by atoms with Gasteiger partial charge < -0.3 is 4.74 Å². The first-order valence-electron chi connectivity index (χ1n) is 5.30. The van der Waals surface area contributed by atoms with Crippen LogP contribution in [0.2, 0.25) is 0 Å². The number of hydrogen-bond donors (Lipinski definition) is 0. The molecule has 0 radical (unpaired) electrons. The zero-order valence-electron chi connectivity index (χ0n) is 10.00. The third-order valence-corrected chi connectivity index (χ3v) is 2.75. The molecule has 1 amide bonds. The van der Waals surface area contributed by atoms with Gasteiger partial charge in [-0.2, -0.15) is 4.99 Å². The van der Waals surface area contributed by atoms with E-state index in [9.17, 15) is 4.79 Å². The molecule has 0 bridgehead atoms. The summed E-state index contributed by atoms with van der Waals surface area (Å²) in [6.07, 6.45) is -0.500. The van der Waals surface area contributed by atoms with Crippen LogP contribution >= 0.6 is 0 Å². The van der Waals surface area contributed by atoms with E-state index in [4.69, 9.17) is 4.74 Å². The van der Waals surface area contributed by atoms with E-state index < -0.39 is 11.7 Å². The minimum atomic E-state index is -0.628. The molecule has 0 fully saturated rings. The number of aryl methyl sites for hydroxylation is 2. The van der Waals surface area contributed by atoms with Gasteiger partial charge in [0, 0.05) is 5.56 Å². The Morgan fingerprint density at radius 2 is 1.94 bits per heavy atom. The monoisotopic (exact) mass is 217 g/mol. The van der Waals surface area contributed by atoms with Crippen molar-refractivity contribution in [3.05, 3.63) is 34.9 Å². The van der Waals surface area contributed by atoms with E-state index in [1.54, 1.807) is 0 Å². The number of carbonyl (C=O) groups is 1. The lowest BCUT2D eigenvalue weighted by atomic mass is 9.92. The van der Waals surface area contributed by atoms with Crippen molar-refractivity contribution in [2.45, 2.75) is 33.3 Å². The maximum absolute atomic E-state index is 11.2. The third-order valence-electron chi connectivity index (χ3n) is 2.75. The maximum atomic E-state index is 11.2. The van der Waals surface area contributed by atoms with Gasteiger partial charge in [-0.15, -0.1) is 0 Å². The summed E-state index contributed by atoms with van der Waals surface area (Å²) in [6, 6.07) is 6.09. The second-order valence-corrected chi connectivity index (χ2v) is 4.66. The van der Waals surface area contributed by atoms with Gasteiger partial charge in [0.05, 0.1) is 5.71 Å². The number of carbonyl (C=O) groups excluding carboxylic acids is 1. The van der Waals surface area contributed by atoms with Crippen LogP contribution in [0.15, 0.2) is 23.2 Å². The van der Waals surface area contributed by atoms with Crippen molar-refractivity contribution in [2.24, 2.45) is 4.99 Å². The summed E-state index contributed by atoms with van der Waals surface area (Å²) in [4.78, 5) is 15.2. The molecule has 84 valence electrons. The fraction of sp³-hybridized carbons (Fsp3) is 0.385. The van der Waals surface area contributed by atoms with Gasteiger partial charge in [-0.05, 0) is 33.3 Å². The number of cyclic esters (lactones) is 1. The summed E-state index contributed by atoms with van der Waals surface area (Å²) in [6.45, 7) is 7.77. The average Bonchev–Trinajstić information content (AvgIpc) is 2.39. The summed E-state index contributed by atoms with van der Waals surface area (Å²) >= 11 is 0. The highest BCUT2D eigenvalue weighted by Gasteiger charge is 2.37. The van der Waals surface area contributed by atoms with Crippen molar-refractivity contribution in [3.8, 4) is 0 Å². The number of benzene rings is 1. The van der Waals surface area contributed by atoms with Gasteiger partial charge in [-0.1, -0.05) is 23.8 Å². The number of aliphatic imine (C=N–C) groups is 1. The number of rotatable bonds is 1. The first-order valence-corrected chi connectivity index (χ1v) is 5.30. The van der Waals surface area contributed by atoms with Crippen LogP contribution in [0.4, 0.5) is 4.79 Å². The van der Waals surface area contributed by atoms with Crippen LogP contribution in [0.1, 0.15) is 30.5 Å². The summed E-state index contributed by atoms with van der Waals surface area (Å²) in [5.41, 5.74) is 3.39. The molecule has 0 N–H and O–H groups in total. The van der Waals surface area contributed by atoms with Gasteiger partial charge in [0.1, 0.15) is 0 Å². The Labute approximate surface area is 95.2 Å². The average molecular weight is 217 g/mol. The quantitative estimate of drug-likeness (QED) is 0.725. The predicted octanol–water partition coefficient (Wildman–Crippen LogP) is 3.02. The Kier molecular flexibility index (Phi) is 2.34. The van der Waals surface area contributed by atoms with Crippen LogP contribution in [0.3, 0.4) is 0 Å². The van der Waals surface area contributed by atoms with E-state index in [0.29, 0.717) is 0 Å². The van der Waals surface area contributed by atoms with Gasteiger partial charge in [0.25, 0.3) is 0 Å². The number of ether oxygens (including phenoxy) is 1. The van der Waals surface area contributed by atoms with E-state index in [-0.39, 0.29) is 0 Å². The highest BCUT2D eigenvalue weighted by molar-refractivity contribution is 6.14. The van der Waals surface area contributed by atoms with Crippen LogP contribution in [0.25, 0.3) is 0 Å². The molecule has 0 saturated carbocycles. The predicted molar refractivity (Wildman–Crippen MR) is 63.0 cm³/mol. The van der Waals surface area contributed by atoms with E-state index >= 15 is 0 Å². The van der Waals surface area contributed by atoms with Crippen molar-refractivity contribution in [1.82, 2.24) is 0 Å². The molecule has 1 aliphatic heterocycles. The topological polar surface area (TPSA) is 38.7 Å². The molecule has 1 aromatic carbocycles. The molecule has 3 heteroatoms. The number of hydrogen-bond acceptors (Lipinski definition) is 2. The third kappa shape index (κ3) is 1.73. The standard InChI is InChI=1S/C13H15NO2/c1-8-5-6-10(9(2)7-8)11-13(3,4)16-12(15)14-11/h5-7H,1-4H3. The lowest BCUT2D eigenvalue weighted by Crippen LogP contribution is -2.31. The highest BCUT2D eigenvalue weighted by Crippen LogP contribution is 2.26. The van der Waals surface area contributed by atoms with Crippen molar-refractivity contribution in [1.29, 1.82) is 0 Å². The van der Waals surface area contributed by atoms with Crippen molar-refractivity contribution >= 4 is 11.8 Å². The molecule has 1 heterocycles. The van der Waals surface area contributed by atoms with E-state index in [2.05, 4.69) is 11.1 Å². The molecule has 1 aromatic rings. The molecule has 0 spiro atoms. The minimum absolute atomic E-state index is 0.500. The van der Waals surface area contributed by atoms with Crippen LogP contribution in [0, 0.1) is 13.8 Å². The van der Waals surface area contributed by atoms with Crippen LogP contribution < -0.4 is 0 Å². The Morgan fingerprint density at radius 3 is 2.44 bits per heavy atom. The largest absolute Gasteiger partial charge is 0.435 e. The van der Waals surface area contributed by atoms with Crippen molar-refractivity contribution in [2.75, 3.05) is 0 Å². The van der Waals surface area contributed by atoms with E-state index in [0.717, 1.165) is 16.8 Å². The second kappa shape index (κ2) is 3.44. The van der Waals surface area contributed by atoms with Gasteiger partial charge in [0.15, 0.2) is 5.60 Å². The summed E-state index contributed by atoms with van der Waals surface area (Å²) < 4.78 is 5.16. The summed E-state index contributed by atoms with van der Waals surface area (Å²) in [5.74, 6) is 0. The molecule has 1 aliphatic rings. The Bertz CT molecular complexity index is 487. The Balaban J connectivity index is 2.53. The lowest BCUT2D eigenvalue weighted by molar-refractivity contribution is 0.107. The molecule has 0 atom stereocenters. The molecule has 0 saturated heterocycles. The second-order valence-electron chi connectivity index (χ2n) is 4.66. The number of amides is 1. The SMILES string of the molecule is Cc1ccc(C2=NC(=O)OC2(C)C)c(C)c1. The fourth-order valence-corrected chi connectivity index (χ4v) is 1.98. The number of nitrogens with zero attached hydrogens (tertiary/aromatic N) is 1. The van der Waals surface area contributed by atoms with Crippen molar-refractivity contribution in [3.63, 3.8) is 0 Å². The molecular weight excluding hydrogens is 202 g/mol. The van der Waals surface area contributed by atoms with Crippen LogP contribution in [0.5, 0.6) is 0 Å².